The molecule has 1 unspecified atom stereocenters. The normalized spacial score (nSPS) is 12.0. The first-order valence-electron chi connectivity index (χ1n) is 5.55. The molecule has 5 nitrogen and oxygen atoms in total. The predicted octanol–water partition coefficient (Wildman–Crippen LogP) is 2.43. The molecule has 1 atom stereocenters. The number of benzene rings is 1. The summed E-state index contributed by atoms with van der Waals surface area (Å²) in [6, 6.07) is 2.41. The van der Waals surface area contributed by atoms with E-state index in [1.165, 1.54) is 0 Å². The smallest absolute Gasteiger partial charge is 0.303 e. The molecule has 0 fully saturated rings. The molecule has 0 bridgehead atoms. The largest absolute Gasteiger partial charge is 0.481 e. The van der Waals surface area contributed by atoms with Crippen LogP contribution in [0.15, 0.2) is 12.1 Å². The van der Waals surface area contributed by atoms with Crippen molar-refractivity contribution in [3.8, 4) is 0 Å². The van der Waals surface area contributed by atoms with Gasteiger partial charge in [-0.3, -0.25) is 9.59 Å². The second kappa shape index (κ2) is 6.75. The molecule has 0 aliphatic heterocycles. The molecule has 1 rings (SSSR count). The third-order valence-corrected chi connectivity index (χ3v) is 3.34. The second-order valence-electron chi connectivity index (χ2n) is 4.08. The maximum absolute atomic E-state index is 11.8. The molecule has 0 aliphatic rings. The molecule has 0 heterocycles. The average molecular weight is 305 g/mol. The Hall–Kier alpha value is -1.30. The lowest BCUT2D eigenvalue weighted by Crippen LogP contribution is -2.36. The third-order valence-electron chi connectivity index (χ3n) is 2.54. The van der Waals surface area contributed by atoms with Gasteiger partial charge in [0.1, 0.15) is 0 Å². The Morgan fingerprint density at radius 2 is 2.05 bits per heavy atom. The van der Waals surface area contributed by atoms with Crippen molar-refractivity contribution in [2.75, 3.05) is 5.32 Å². The van der Waals surface area contributed by atoms with E-state index in [-0.39, 0.29) is 12.8 Å². The molecule has 104 valence electrons. The van der Waals surface area contributed by atoms with Gasteiger partial charge in [0.25, 0.3) is 0 Å². The van der Waals surface area contributed by atoms with Crippen molar-refractivity contribution in [3.63, 3.8) is 0 Å². The van der Waals surface area contributed by atoms with Gasteiger partial charge in [-0.15, -0.1) is 0 Å². The number of carbonyl (C=O) groups excluding carboxylic acids is 1. The Bertz CT molecular complexity index is 506. The van der Waals surface area contributed by atoms with Crippen LogP contribution in [-0.4, -0.2) is 23.0 Å². The Kier molecular flexibility index (Phi) is 5.60. The molecule has 0 aromatic heterocycles. The van der Waals surface area contributed by atoms with Crippen LogP contribution in [0.2, 0.25) is 10.0 Å². The van der Waals surface area contributed by atoms with Crippen molar-refractivity contribution in [3.05, 3.63) is 27.7 Å². The molecule has 7 heteroatoms. The highest BCUT2D eigenvalue weighted by molar-refractivity contribution is 6.40. The summed E-state index contributed by atoms with van der Waals surface area (Å²) in [6.07, 6.45) is -0.133. The summed E-state index contributed by atoms with van der Waals surface area (Å²) in [5.74, 6) is -1.52. The molecule has 0 saturated carbocycles. The second-order valence-corrected chi connectivity index (χ2v) is 4.87. The maximum Gasteiger partial charge on any atom is 0.303 e. The van der Waals surface area contributed by atoms with Gasteiger partial charge in [-0.1, -0.05) is 29.3 Å². The summed E-state index contributed by atoms with van der Waals surface area (Å²) in [5, 5.41) is 11.7. The standard InChI is InChI=1S/C12H14Cl2N2O3/c1-6-2-3-7(13)11(10(6)14)16-12(19)8(15)4-5-9(17)18/h2-3,8H,4-5,15H2,1H3,(H,16,19)(H,17,18). The minimum Gasteiger partial charge on any atom is -0.481 e. The molecule has 0 spiro atoms. The van der Waals surface area contributed by atoms with E-state index in [0.717, 1.165) is 5.56 Å². The van der Waals surface area contributed by atoms with Crippen LogP contribution in [0.1, 0.15) is 18.4 Å². The number of nitrogens with one attached hydrogen (secondary N) is 1. The first-order valence-corrected chi connectivity index (χ1v) is 6.31. The summed E-state index contributed by atoms with van der Waals surface area (Å²) in [7, 11) is 0. The Morgan fingerprint density at radius 3 is 2.63 bits per heavy atom. The van der Waals surface area contributed by atoms with Gasteiger partial charge < -0.3 is 16.2 Å². The molecule has 1 aromatic rings. The van der Waals surface area contributed by atoms with Gasteiger partial charge in [0.15, 0.2) is 0 Å². The van der Waals surface area contributed by atoms with Gasteiger partial charge in [-0.25, -0.2) is 0 Å². The topological polar surface area (TPSA) is 92.4 Å². The Labute approximate surface area is 120 Å². The van der Waals surface area contributed by atoms with E-state index in [1.807, 2.05) is 0 Å². The number of hydrogen-bond acceptors (Lipinski definition) is 3. The number of carboxylic acids is 1. The fourth-order valence-corrected chi connectivity index (χ4v) is 1.86. The average Bonchev–Trinajstić information content (AvgIpc) is 2.36. The van der Waals surface area contributed by atoms with Gasteiger partial charge in [0.05, 0.1) is 21.8 Å². The number of nitrogens with two attached hydrogens (primary N) is 1. The van der Waals surface area contributed by atoms with Crippen LogP contribution >= 0.6 is 23.2 Å². The molecule has 4 N–H and O–H groups in total. The van der Waals surface area contributed by atoms with Crippen molar-refractivity contribution < 1.29 is 14.7 Å². The quantitative estimate of drug-likeness (QED) is 0.779. The highest BCUT2D eigenvalue weighted by Gasteiger charge is 2.18. The zero-order valence-electron chi connectivity index (χ0n) is 10.2. The summed E-state index contributed by atoms with van der Waals surface area (Å²) in [6.45, 7) is 1.78. The SMILES string of the molecule is Cc1ccc(Cl)c(NC(=O)C(N)CCC(=O)O)c1Cl. The molecule has 19 heavy (non-hydrogen) atoms. The number of aliphatic carboxylic acids is 1. The predicted molar refractivity (Wildman–Crippen MR) is 74.7 cm³/mol. The van der Waals surface area contributed by atoms with Crippen molar-refractivity contribution in [2.45, 2.75) is 25.8 Å². The van der Waals surface area contributed by atoms with E-state index < -0.39 is 17.9 Å². The van der Waals surface area contributed by atoms with Crippen molar-refractivity contribution in [1.82, 2.24) is 0 Å². The summed E-state index contributed by atoms with van der Waals surface area (Å²) in [5.41, 5.74) is 6.65. The number of amides is 1. The van der Waals surface area contributed by atoms with Crippen LogP contribution in [0.5, 0.6) is 0 Å². The van der Waals surface area contributed by atoms with Crippen molar-refractivity contribution in [2.24, 2.45) is 5.73 Å². The number of carboxylic acid groups (broad SMARTS) is 1. The number of anilines is 1. The molecule has 0 aliphatic carbocycles. The van der Waals surface area contributed by atoms with Gasteiger partial charge >= 0.3 is 5.97 Å². The third kappa shape index (κ3) is 4.38. The molecule has 1 aromatic carbocycles. The summed E-state index contributed by atoms with van der Waals surface area (Å²) >= 11 is 12.0. The fourth-order valence-electron chi connectivity index (χ4n) is 1.40. The molecule has 1 amide bonds. The number of rotatable bonds is 5. The molecule has 0 radical (unpaired) electrons. The highest BCUT2D eigenvalue weighted by Crippen LogP contribution is 2.32. The monoisotopic (exact) mass is 304 g/mol. The van der Waals surface area contributed by atoms with E-state index in [0.29, 0.717) is 15.7 Å². The fraction of sp³-hybridized carbons (Fsp3) is 0.333. The Balaban J connectivity index is 2.77. The van der Waals surface area contributed by atoms with Crippen LogP contribution in [0, 0.1) is 6.92 Å². The zero-order chi connectivity index (χ0) is 14.6. The maximum atomic E-state index is 11.8. The summed E-state index contributed by atoms with van der Waals surface area (Å²) < 4.78 is 0. The van der Waals surface area contributed by atoms with E-state index in [9.17, 15) is 9.59 Å². The minimum absolute atomic E-state index is 0.0439. The highest BCUT2D eigenvalue weighted by atomic mass is 35.5. The van der Waals surface area contributed by atoms with Gasteiger partial charge in [-0.2, -0.15) is 0 Å². The summed E-state index contributed by atoms with van der Waals surface area (Å²) in [4.78, 5) is 22.2. The lowest BCUT2D eigenvalue weighted by Gasteiger charge is -2.14. The first-order chi connectivity index (χ1) is 8.82. The van der Waals surface area contributed by atoms with E-state index in [4.69, 9.17) is 34.0 Å². The Morgan fingerprint density at radius 1 is 1.42 bits per heavy atom. The lowest BCUT2D eigenvalue weighted by atomic mass is 10.1. The van der Waals surface area contributed by atoms with E-state index in [2.05, 4.69) is 5.32 Å². The van der Waals surface area contributed by atoms with Gasteiger partial charge in [0, 0.05) is 6.42 Å². The molecular weight excluding hydrogens is 291 g/mol. The van der Waals surface area contributed by atoms with Crippen molar-refractivity contribution in [1.29, 1.82) is 0 Å². The van der Waals surface area contributed by atoms with Crippen LogP contribution in [0.25, 0.3) is 0 Å². The minimum atomic E-state index is -1.00. The number of halogens is 2. The number of aryl methyl sites for hydroxylation is 1. The van der Waals surface area contributed by atoms with E-state index in [1.54, 1.807) is 19.1 Å². The lowest BCUT2D eigenvalue weighted by molar-refractivity contribution is -0.137. The number of carbonyl (C=O) groups is 2. The molecule has 0 saturated heterocycles. The first kappa shape index (κ1) is 15.8. The van der Waals surface area contributed by atoms with Crippen LogP contribution in [-0.2, 0) is 9.59 Å². The van der Waals surface area contributed by atoms with Crippen LogP contribution < -0.4 is 11.1 Å². The zero-order valence-corrected chi connectivity index (χ0v) is 11.8. The number of hydrogen-bond donors (Lipinski definition) is 3. The van der Waals surface area contributed by atoms with Gasteiger partial charge in [0.2, 0.25) is 5.91 Å². The van der Waals surface area contributed by atoms with E-state index >= 15 is 0 Å². The van der Waals surface area contributed by atoms with Gasteiger partial charge in [-0.05, 0) is 25.0 Å². The van der Waals surface area contributed by atoms with Crippen LogP contribution in [0.4, 0.5) is 5.69 Å². The van der Waals surface area contributed by atoms with Crippen molar-refractivity contribution >= 4 is 40.8 Å². The van der Waals surface area contributed by atoms with Crippen LogP contribution in [0.3, 0.4) is 0 Å². The molecular formula is C12H14Cl2N2O3.